The number of benzene rings is 1. The highest BCUT2D eigenvalue weighted by Crippen LogP contribution is 2.29. The van der Waals surface area contributed by atoms with E-state index in [-0.39, 0.29) is 17.8 Å². The van der Waals surface area contributed by atoms with Crippen LogP contribution in [0.4, 0.5) is 5.82 Å². The molecule has 3 N–H and O–H groups in total. The van der Waals surface area contributed by atoms with E-state index in [2.05, 4.69) is 46.4 Å². The fourth-order valence-electron chi connectivity index (χ4n) is 4.38. The van der Waals surface area contributed by atoms with Gasteiger partial charge in [-0.15, -0.1) is 0 Å². The number of aromatic nitrogens is 4. The van der Waals surface area contributed by atoms with Gasteiger partial charge in [0.05, 0.1) is 24.5 Å². The maximum absolute atomic E-state index is 12.5. The Labute approximate surface area is 186 Å². The molecule has 1 fully saturated rings. The fourth-order valence-corrected chi connectivity index (χ4v) is 4.38. The van der Waals surface area contributed by atoms with Crippen molar-refractivity contribution in [3.63, 3.8) is 0 Å². The number of carbonyl (C=O) groups excluding carboxylic acids is 1. The lowest BCUT2D eigenvalue weighted by atomic mass is 9.92. The van der Waals surface area contributed by atoms with Crippen molar-refractivity contribution in [1.29, 1.82) is 0 Å². The number of nitrogens with one attached hydrogen (secondary N) is 1. The van der Waals surface area contributed by atoms with Crippen LogP contribution < -0.4 is 11.1 Å². The molecule has 0 aliphatic carbocycles. The summed E-state index contributed by atoms with van der Waals surface area (Å²) < 4.78 is 6.82. The fraction of sp³-hybridized carbons (Fsp3) is 0.391. The molecule has 4 heterocycles. The Kier molecular flexibility index (Phi) is 5.36. The number of nitrogen functional groups attached to an aromatic ring is 1. The van der Waals surface area contributed by atoms with Gasteiger partial charge in [-0.05, 0) is 61.7 Å². The van der Waals surface area contributed by atoms with Crippen molar-refractivity contribution in [3.05, 3.63) is 53.0 Å². The highest BCUT2D eigenvalue weighted by atomic mass is 16.5. The molecule has 2 aliphatic rings. The lowest BCUT2D eigenvalue weighted by molar-refractivity contribution is 0.0924. The van der Waals surface area contributed by atoms with Gasteiger partial charge in [-0.1, -0.05) is 0 Å². The summed E-state index contributed by atoms with van der Waals surface area (Å²) in [5.41, 5.74) is 12.1. The van der Waals surface area contributed by atoms with Crippen LogP contribution in [0.15, 0.2) is 30.6 Å². The van der Waals surface area contributed by atoms with Gasteiger partial charge in [0.15, 0.2) is 17.3 Å². The average molecular weight is 434 g/mol. The molecule has 2 aromatic heterocycles. The Morgan fingerprint density at radius 3 is 3.03 bits per heavy atom. The van der Waals surface area contributed by atoms with Gasteiger partial charge in [-0.3, -0.25) is 4.79 Å². The quantitative estimate of drug-likeness (QED) is 0.644. The van der Waals surface area contributed by atoms with Crippen molar-refractivity contribution in [2.24, 2.45) is 0 Å². The van der Waals surface area contributed by atoms with Crippen molar-refractivity contribution >= 4 is 11.7 Å². The predicted molar refractivity (Wildman–Crippen MR) is 120 cm³/mol. The second-order valence-corrected chi connectivity index (χ2v) is 8.56. The van der Waals surface area contributed by atoms with Gasteiger partial charge in [0.1, 0.15) is 0 Å². The number of anilines is 1. The van der Waals surface area contributed by atoms with E-state index >= 15 is 0 Å². The Hall–Kier alpha value is -3.30. The molecule has 1 saturated heterocycles. The number of nitrogens with two attached hydrogens (primary N) is 1. The van der Waals surface area contributed by atoms with E-state index in [4.69, 9.17) is 15.5 Å². The van der Waals surface area contributed by atoms with Gasteiger partial charge >= 0.3 is 0 Å². The molecular formula is C23H27N7O2. The third-order valence-corrected chi connectivity index (χ3v) is 6.13. The average Bonchev–Trinajstić information content (AvgIpc) is 3.46. The molecule has 0 saturated carbocycles. The van der Waals surface area contributed by atoms with Crippen molar-refractivity contribution in [2.75, 3.05) is 32.5 Å². The van der Waals surface area contributed by atoms with Crippen LogP contribution in [0.5, 0.6) is 0 Å². The van der Waals surface area contributed by atoms with Crippen molar-refractivity contribution in [3.8, 4) is 17.1 Å². The monoisotopic (exact) mass is 433 g/mol. The zero-order valence-corrected chi connectivity index (χ0v) is 18.3. The molecule has 0 bridgehead atoms. The second kappa shape index (κ2) is 8.33. The summed E-state index contributed by atoms with van der Waals surface area (Å²) in [5.74, 6) is 0.414. The first-order valence-electron chi connectivity index (χ1n) is 10.9. The minimum atomic E-state index is -0.239. The smallest absolute Gasteiger partial charge is 0.272 e. The van der Waals surface area contributed by atoms with Gasteiger partial charge in [0.2, 0.25) is 0 Å². The van der Waals surface area contributed by atoms with E-state index in [0.717, 1.165) is 37.2 Å². The molecule has 0 spiro atoms. The first-order chi connectivity index (χ1) is 15.5. The molecule has 9 nitrogen and oxygen atoms in total. The molecule has 32 heavy (non-hydrogen) atoms. The number of rotatable bonds is 4. The summed E-state index contributed by atoms with van der Waals surface area (Å²) in [4.78, 5) is 23.9. The number of carbonyl (C=O) groups is 1. The zero-order chi connectivity index (χ0) is 22.2. The predicted octanol–water partition coefficient (Wildman–Crippen LogP) is 1.73. The highest BCUT2D eigenvalue weighted by Gasteiger charge is 2.21. The lowest BCUT2D eigenvalue weighted by Gasteiger charge is -2.27. The maximum Gasteiger partial charge on any atom is 0.272 e. The van der Waals surface area contributed by atoms with Crippen LogP contribution in [0.1, 0.15) is 33.6 Å². The number of ether oxygens (including phenoxy) is 1. The topological polar surface area (TPSA) is 111 Å². The number of hydrogen-bond acceptors (Lipinski definition) is 7. The van der Waals surface area contributed by atoms with Gasteiger partial charge in [0, 0.05) is 31.5 Å². The Morgan fingerprint density at radius 2 is 2.22 bits per heavy atom. The normalized spacial score (nSPS) is 18.5. The highest BCUT2D eigenvalue weighted by molar-refractivity contribution is 5.92. The maximum atomic E-state index is 12.5. The minimum Gasteiger partial charge on any atom is -0.381 e. The first kappa shape index (κ1) is 20.6. The largest absolute Gasteiger partial charge is 0.381 e. The number of amides is 1. The summed E-state index contributed by atoms with van der Waals surface area (Å²) in [6.07, 6.45) is 5.23. The van der Waals surface area contributed by atoms with Crippen molar-refractivity contribution in [2.45, 2.75) is 32.4 Å². The van der Waals surface area contributed by atoms with Crippen LogP contribution in [0.25, 0.3) is 17.1 Å². The summed E-state index contributed by atoms with van der Waals surface area (Å²) >= 11 is 0. The van der Waals surface area contributed by atoms with Crippen LogP contribution in [-0.2, 0) is 17.7 Å². The van der Waals surface area contributed by atoms with Crippen LogP contribution in [-0.4, -0.2) is 63.4 Å². The van der Waals surface area contributed by atoms with Gasteiger partial charge in [-0.2, -0.15) is 5.10 Å². The summed E-state index contributed by atoms with van der Waals surface area (Å²) in [7, 11) is 2.14. The van der Waals surface area contributed by atoms with E-state index < -0.39 is 0 Å². The third kappa shape index (κ3) is 3.96. The number of likely N-dealkylation sites (N-methyl/N-ethyl adjacent to an activating group) is 1. The standard InChI is InChI=1S/C23H27N7O2/c1-14-9-15(10-16-12-29(2)6-3-18(14)16)20-11-25-21(24)22(27-20)30-7-4-19(28-30)23(31)26-17-5-8-32-13-17/h4,7,9-11,17H,3,5-6,8,12-13H2,1-2H3,(H2,24,25)(H,26,31). The van der Waals surface area contributed by atoms with E-state index in [9.17, 15) is 4.79 Å². The number of fused-ring (bicyclic) bond motifs is 1. The molecule has 3 aromatic rings. The van der Waals surface area contributed by atoms with Crippen LogP contribution in [0.3, 0.4) is 0 Å². The van der Waals surface area contributed by atoms with Crippen LogP contribution in [0, 0.1) is 6.92 Å². The molecule has 5 rings (SSSR count). The Balaban J connectivity index is 1.44. The number of aryl methyl sites for hydroxylation is 1. The molecule has 1 amide bonds. The van der Waals surface area contributed by atoms with Gasteiger partial charge < -0.3 is 20.7 Å². The summed E-state index contributed by atoms with van der Waals surface area (Å²) in [5, 5.41) is 7.33. The van der Waals surface area contributed by atoms with Crippen molar-refractivity contribution in [1.82, 2.24) is 30.0 Å². The molecule has 2 aliphatic heterocycles. The number of hydrogen-bond donors (Lipinski definition) is 2. The Morgan fingerprint density at radius 1 is 1.34 bits per heavy atom. The van der Waals surface area contributed by atoms with Crippen LogP contribution >= 0.6 is 0 Å². The molecular weight excluding hydrogens is 406 g/mol. The SMILES string of the molecule is Cc1cc(-c2cnc(N)c(-n3ccc(C(=O)NC4CCOC4)n3)n2)cc2c1CCN(C)C2. The third-order valence-electron chi connectivity index (χ3n) is 6.13. The molecule has 1 aromatic carbocycles. The second-order valence-electron chi connectivity index (χ2n) is 8.56. The van der Waals surface area contributed by atoms with E-state index in [0.29, 0.717) is 24.7 Å². The summed E-state index contributed by atoms with van der Waals surface area (Å²) in [6.45, 7) is 5.33. The molecule has 0 radical (unpaired) electrons. The van der Waals surface area contributed by atoms with E-state index in [1.807, 2.05) is 0 Å². The van der Waals surface area contributed by atoms with Gasteiger partial charge in [-0.25, -0.2) is 14.6 Å². The molecule has 9 heteroatoms. The number of nitrogens with zero attached hydrogens (tertiary/aromatic N) is 5. The van der Waals surface area contributed by atoms with Crippen LogP contribution in [0.2, 0.25) is 0 Å². The first-order valence-corrected chi connectivity index (χ1v) is 10.9. The van der Waals surface area contributed by atoms with E-state index in [1.54, 1.807) is 18.5 Å². The zero-order valence-electron chi connectivity index (χ0n) is 18.3. The molecule has 166 valence electrons. The molecule has 1 atom stereocenters. The Bertz CT molecular complexity index is 1170. The molecule has 1 unspecified atom stereocenters. The lowest BCUT2D eigenvalue weighted by Crippen LogP contribution is -2.35. The minimum absolute atomic E-state index is 0.0205. The van der Waals surface area contributed by atoms with E-state index in [1.165, 1.54) is 21.4 Å². The summed E-state index contributed by atoms with van der Waals surface area (Å²) in [6, 6.07) is 6.01. The van der Waals surface area contributed by atoms with Gasteiger partial charge in [0.25, 0.3) is 5.91 Å². The van der Waals surface area contributed by atoms with Crippen molar-refractivity contribution < 1.29 is 9.53 Å².